The number of nitrogens with one attached hydrogen (secondary N) is 1. The maximum absolute atomic E-state index is 11.9. The van der Waals surface area contributed by atoms with E-state index >= 15 is 0 Å². The second-order valence-electron chi connectivity index (χ2n) is 6.50. The molecule has 5 nitrogen and oxygen atoms in total. The highest BCUT2D eigenvalue weighted by Crippen LogP contribution is 2.30. The largest absolute Gasteiger partial charge is 0.457 e. The average Bonchev–Trinajstić information content (AvgIpc) is 3.19. The van der Waals surface area contributed by atoms with Gasteiger partial charge in [-0.25, -0.2) is 0 Å². The van der Waals surface area contributed by atoms with Gasteiger partial charge in [0.1, 0.15) is 0 Å². The van der Waals surface area contributed by atoms with Crippen LogP contribution in [0.5, 0.6) is 0 Å². The summed E-state index contributed by atoms with van der Waals surface area (Å²) >= 11 is 1.31. The molecule has 0 atom stereocenters. The first-order valence-corrected chi connectivity index (χ1v) is 8.16. The van der Waals surface area contributed by atoms with Crippen molar-refractivity contribution in [3.63, 3.8) is 0 Å². The van der Waals surface area contributed by atoms with Gasteiger partial charge in [-0.05, 0) is 25.0 Å². The Labute approximate surface area is 134 Å². The van der Waals surface area contributed by atoms with Crippen molar-refractivity contribution in [1.29, 1.82) is 0 Å². The fraction of sp³-hybridized carbons (Fsp3) is 0.562. The molecule has 6 heteroatoms. The molecule has 0 spiro atoms. The first kappa shape index (κ1) is 16.7. The molecule has 1 amide bonds. The van der Waals surface area contributed by atoms with Crippen molar-refractivity contribution < 1.29 is 19.1 Å². The van der Waals surface area contributed by atoms with E-state index in [1.807, 2.05) is 26.8 Å². The molecule has 0 radical (unpaired) electrons. The van der Waals surface area contributed by atoms with Crippen LogP contribution in [-0.2, 0) is 20.9 Å². The fourth-order valence-corrected chi connectivity index (χ4v) is 2.57. The summed E-state index contributed by atoms with van der Waals surface area (Å²) in [6, 6.07) is 3.51. The van der Waals surface area contributed by atoms with Crippen LogP contribution < -0.4 is 5.32 Å². The Morgan fingerprint density at radius 1 is 1.27 bits per heavy atom. The third-order valence-corrected chi connectivity index (χ3v) is 4.42. The highest BCUT2D eigenvalue weighted by Gasteiger charge is 2.31. The number of hydrogen-bond donors (Lipinski definition) is 1. The van der Waals surface area contributed by atoms with E-state index in [2.05, 4.69) is 5.32 Å². The summed E-state index contributed by atoms with van der Waals surface area (Å²) in [6.45, 7) is 5.74. The van der Waals surface area contributed by atoms with Crippen molar-refractivity contribution >= 4 is 29.0 Å². The number of ketones is 1. The van der Waals surface area contributed by atoms with Crippen molar-refractivity contribution in [3.8, 4) is 0 Å². The number of rotatable bonds is 6. The van der Waals surface area contributed by atoms with E-state index in [0.717, 1.165) is 17.7 Å². The summed E-state index contributed by atoms with van der Waals surface area (Å²) in [6.07, 6.45) is 1.73. The van der Waals surface area contributed by atoms with Crippen LogP contribution in [0, 0.1) is 11.3 Å². The normalized spacial score (nSPS) is 14.5. The van der Waals surface area contributed by atoms with Crippen molar-refractivity contribution in [2.75, 3.05) is 6.61 Å². The maximum Gasteiger partial charge on any atom is 0.309 e. The summed E-state index contributed by atoms with van der Waals surface area (Å²) in [5.41, 5.74) is -0.438. The molecule has 1 aliphatic carbocycles. The molecule has 1 N–H and O–H groups in total. The zero-order valence-corrected chi connectivity index (χ0v) is 13.9. The van der Waals surface area contributed by atoms with Crippen molar-refractivity contribution in [2.45, 2.75) is 40.2 Å². The molecule has 1 heterocycles. The third kappa shape index (κ3) is 4.66. The SMILES string of the molecule is CC(C)(C)C(=O)NCc1ccc(C(=O)COC(=O)C2CC2)s1. The third-order valence-electron chi connectivity index (χ3n) is 3.30. The number of esters is 1. The molecule has 1 aromatic rings. The standard InChI is InChI=1S/C16H21NO4S/c1-16(2,3)15(20)17-8-11-6-7-13(22-11)12(18)9-21-14(19)10-4-5-10/h6-7,10H,4-5,8-9H2,1-3H3,(H,17,20). The van der Waals surface area contributed by atoms with E-state index in [1.54, 1.807) is 6.07 Å². The first-order valence-electron chi connectivity index (χ1n) is 7.34. The Balaban J connectivity index is 1.81. The summed E-state index contributed by atoms with van der Waals surface area (Å²) in [4.78, 5) is 36.6. The molecule has 0 aliphatic heterocycles. The predicted molar refractivity (Wildman–Crippen MR) is 83.6 cm³/mol. The molecular formula is C16H21NO4S. The van der Waals surface area contributed by atoms with Crippen LogP contribution in [0.2, 0.25) is 0 Å². The lowest BCUT2D eigenvalue weighted by atomic mass is 9.96. The van der Waals surface area contributed by atoms with Gasteiger partial charge >= 0.3 is 5.97 Å². The molecule has 120 valence electrons. The van der Waals surface area contributed by atoms with Crippen LogP contribution >= 0.6 is 11.3 Å². The van der Waals surface area contributed by atoms with Crippen LogP contribution in [0.15, 0.2) is 12.1 Å². The van der Waals surface area contributed by atoms with Crippen molar-refractivity contribution in [1.82, 2.24) is 5.32 Å². The highest BCUT2D eigenvalue weighted by molar-refractivity contribution is 7.14. The number of amides is 1. The van der Waals surface area contributed by atoms with Gasteiger partial charge in [-0.1, -0.05) is 20.8 Å². The number of hydrogen-bond acceptors (Lipinski definition) is 5. The molecule has 1 aromatic heterocycles. The maximum atomic E-state index is 11.9. The Kier molecular flexibility index (Phi) is 5.01. The lowest BCUT2D eigenvalue weighted by molar-refractivity contribution is -0.144. The van der Waals surface area contributed by atoms with Crippen molar-refractivity contribution in [2.24, 2.45) is 11.3 Å². The van der Waals surface area contributed by atoms with E-state index in [4.69, 9.17) is 4.74 Å². The minimum atomic E-state index is -0.438. The van der Waals surface area contributed by atoms with Gasteiger partial charge in [0.25, 0.3) is 0 Å². The Bertz CT molecular complexity index is 581. The molecule has 2 rings (SSSR count). The molecule has 1 aliphatic rings. The van der Waals surface area contributed by atoms with Crippen molar-refractivity contribution in [3.05, 3.63) is 21.9 Å². The van der Waals surface area contributed by atoms with E-state index in [9.17, 15) is 14.4 Å². The molecular weight excluding hydrogens is 302 g/mol. The monoisotopic (exact) mass is 323 g/mol. The lowest BCUT2D eigenvalue weighted by Gasteiger charge is -2.17. The minimum absolute atomic E-state index is 0.000641. The molecule has 0 aromatic carbocycles. The van der Waals surface area contributed by atoms with Gasteiger partial charge in [-0.3, -0.25) is 14.4 Å². The smallest absolute Gasteiger partial charge is 0.309 e. The summed E-state index contributed by atoms with van der Waals surface area (Å²) in [7, 11) is 0. The second-order valence-corrected chi connectivity index (χ2v) is 7.67. The number of carbonyl (C=O) groups excluding carboxylic acids is 3. The average molecular weight is 323 g/mol. The Morgan fingerprint density at radius 3 is 2.55 bits per heavy atom. The van der Waals surface area contributed by atoms with Gasteiger partial charge in [0, 0.05) is 10.3 Å². The molecule has 0 unspecified atom stereocenters. The summed E-state index contributed by atoms with van der Waals surface area (Å²) in [5.74, 6) is -0.513. The van der Waals surface area contributed by atoms with Gasteiger partial charge < -0.3 is 10.1 Å². The summed E-state index contributed by atoms with van der Waals surface area (Å²) < 4.78 is 4.98. The molecule has 0 bridgehead atoms. The first-order chi connectivity index (χ1) is 10.3. The molecule has 1 saturated carbocycles. The molecule has 22 heavy (non-hydrogen) atoms. The molecule has 1 fully saturated rings. The number of ether oxygens (including phenoxy) is 1. The summed E-state index contributed by atoms with van der Waals surface area (Å²) in [5, 5.41) is 2.84. The number of carbonyl (C=O) groups is 3. The van der Waals surface area contributed by atoms with Crippen LogP contribution in [-0.4, -0.2) is 24.3 Å². The van der Waals surface area contributed by atoms with E-state index in [0.29, 0.717) is 11.4 Å². The number of thiophene rings is 1. The highest BCUT2D eigenvalue weighted by atomic mass is 32.1. The molecule has 0 saturated heterocycles. The van der Waals surface area contributed by atoms with Gasteiger partial charge in [0.15, 0.2) is 6.61 Å². The Morgan fingerprint density at radius 2 is 1.95 bits per heavy atom. The van der Waals surface area contributed by atoms with Crippen LogP contribution in [0.4, 0.5) is 0 Å². The van der Waals surface area contributed by atoms with Crippen LogP contribution in [0.1, 0.15) is 48.2 Å². The predicted octanol–water partition coefficient (Wildman–Crippen LogP) is 2.55. The van der Waals surface area contributed by atoms with Gasteiger partial charge in [0.05, 0.1) is 17.3 Å². The quantitative estimate of drug-likeness (QED) is 0.645. The second kappa shape index (κ2) is 6.60. The lowest BCUT2D eigenvalue weighted by Crippen LogP contribution is -2.34. The van der Waals surface area contributed by atoms with E-state index in [-0.39, 0.29) is 30.2 Å². The zero-order chi connectivity index (χ0) is 16.3. The van der Waals surface area contributed by atoms with Crippen LogP contribution in [0.3, 0.4) is 0 Å². The zero-order valence-electron chi connectivity index (χ0n) is 13.1. The Hall–Kier alpha value is -1.69. The topological polar surface area (TPSA) is 72.5 Å². The van der Waals surface area contributed by atoms with Crippen LogP contribution in [0.25, 0.3) is 0 Å². The van der Waals surface area contributed by atoms with Gasteiger partial charge in [0.2, 0.25) is 11.7 Å². The van der Waals surface area contributed by atoms with Gasteiger partial charge in [-0.2, -0.15) is 0 Å². The van der Waals surface area contributed by atoms with E-state index in [1.165, 1.54) is 11.3 Å². The van der Waals surface area contributed by atoms with Gasteiger partial charge in [-0.15, -0.1) is 11.3 Å². The minimum Gasteiger partial charge on any atom is -0.457 e. The fourth-order valence-electron chi connectivity index (χ4n) is 1.70. The van der Waals surface area contributed by atoms with E-state index < -0.39 is 5.41 Å². The number of Topliss-reactive ketones (excluding diaryl/α,β-unsaturated/α-hetero) is 1.